The number of nitrogens with zero attached hydrogens (tertiary/aromatic N) is 1. The Morgan fingerprint density at radius 3 is 2.94 bits per heavy atom. The number of hydrogen-bond donors (Lipinski definition) is 2. The van der Waals surface area contributed by atoms with Crippen molar-refractivity contribution in [2.24, 2.45) is 0 Å². The fraction of sp³-hybridized carbons (Fsp3) is 0.667. The molecule has 1 aromatic rings. The molecule has 5 nitrogen and oxygen atoms in total. The van der Waals surface area contributed by atoms with Crippen molar-refractivity contribution >= 4 is 17.2 Å². The fourth-order valence-corrected chi connectivity index (χ4v) is 2.82. The van der Waals surface area contributed by atoms with E-state index in [4.69, 9.17) is 0 Å². The Morgan fingerprint density at radius 1 is 1.56 bits per heavy atom. The van der Waals surface area contributed by atoms with E-state index in [-0.39, 0.29) is 16.8 Å². The largest absolute Gasteiger partial charge is 0.335 e. The summed E-state index contributed by atoms with van der Waals surface area (Å²) in [5.41, 5.74) is 0.823. The second-order valence-electron chi connectivity index (χ2n) is 4.95. The average molecular weight is 269 g/mol. The first-order valence-electron chi connectivity index (χ1n) is 6.28. The third kappa shape index (κ3) is 3.20. The van der Waals surface area contributed by atoms with Crippen molar-refractivity contribution in [2.45, 2.75) is 45.3 Å². The SMILES string of the molecule is CC(C)NC1CCCN(Cc2csc(=O)[nH]2)C1=O. The number of carbonyl (C=O) groups excluding carboxylic acids is 1. The lowest BCUT2D eigenvalue weighted by molar-refractivity contribution is -0.136. The quantitative estimate of drug-likeness (QED) is 0.854. The number of amides is 1. The molecule has 0 aromatic carbocycles. The molecular weight excluding hydrogens is 250 g/mol. The molecule has 1 unspecified atom stereocenters. The van der Waals surface area contributed by atoms with E-state index in [1.807, 2.05) is 18.7 Å². The third-order valence-corrected chi connectivity index (χ3v) is 3.72. The highest BCUT2D eigenvalue weighted by Crippen LogP contribution is 2.15. The molecule has 0 spiro atoms. The summed E-state index contributed by atoms with van der Waals surface area (Å²) in [4.78, 5) is 27.8. The molecule has 6 heteroatoms. The Labute approximate surface area is 110 Å². The second-order valence-corrected chi connectivity index (χ2v) is 5.79. The first-order valence-corrected chi connectivity index (χ1v) is 7.15. The van der Waals surface area contributed by atoms with Crippen LogP contribution in [-0.2, 0) is 11.3 Å². The van der Waals surface area contributed by atoms with Crippen molar-refractivity contribution in [3.05, 3.63) is 20.7 Å². The van der Waals surface area contributed by atoms with E-state index in [2.05, 4.69) is 10.3 Å². The molecule has 100 valence electrons. The molecule has 0 saturated carbocycles. The predicted molar refractivity (Wildman–Crippen MR) is 71.7 cm³/mol. The monoisotopic (exact) mass is 269 g/mol. The fourth-order valence-electron chi connectivity index (χ4n) is 2.25. The van der Waals surface area contributed by atoms with Gasteiger partial charge < -0.3 is 15.2 Å². The van der Waals surface area contributed by atoms with Crippen LogP contribution in [0, 0.1) is 0 Å². The van der Waals surface area contributed by atoms with Gasteiger partial charge in [0.1, 0.15) is 0 Å². The van der Waals surface area contributed by atoms with Crippen LogP contribution in [0.4, 0.5) is 0 Å². The number of hydrogen-bond acceptors (Lipinski definition) is 4. The number of aromatic nitrogens is 1. The summed E-state index contributed by atoms with van der Waals surface area (Å²) in [6, 6.07) is 0.226. The van der Waals surface area contributed by atoms with Crippen LogP contribution in [0.2, 0.25) is 0 Å². The highest BCUT2D eigenvalue weighted by molar-refractivity contribution is 7.07. The zero-order valence-electron chi connectivity index (χ0n) is 10.7. The van der Waals surface area contributed by atoms with Gasteiger partial charge >= 0.3 is 4.87 Å². The van der Waals surface area contributed by atoms with Gasteiger partial charge in [-0.25, -0.2) is 0 Å². The summed E-state index contributed by atoms with van der Waals surface area (Å²) in [7, 11) is 0. The molecule has 2 N–H and O–H groups in total. The first kappa shape index (κ1) is 13.3. The summed E-state index contributed by atoms with van der Waals surface area (Å²) < 4.78 is 0. The van der Waals surface area contributed by atoms with Crippen LogP contribution in [0.3, 0.4) is 0 Å². The summed E-state index contributed by atoms with van der Waals surface area (Å²) >= 11 is 1.14. The molecule has 18 heavy (non-hydrogen) atoms. The number of aromatic amines is 1. The molecule has 1 atom stereocenters. The number of rotatable bonds is 4. The van der Waals surface area contributed by atoms with Crippen LogP contribution in [0.25, 0.3) is 0 Å². The Kier molecular flexibility index (Phi) is 4.19. The van der Waals surface area contributed by atoms with E-state index < -0.39 is 0 Å². The molecule has 1 saturated heterocycles. The molecule has 1 amide bonds. The summed E-state index contributed by atoms with van der Waals surface area (Å²) in [6.45, 7) is 5.37. The highest BCUT2D eigenvalue weighted by atomic mass is 32.1. The van der Waals surface area contributed by atoms with Crippen molar-refractivity contribution < 1.29 is 4.79 Å². The highest BCUT2D eigenvalue weighted by Gasteiger charge is 2.28. The third-order valence-electron chi connectivity index (χ3n) is 3.00. The van der Waals surface area contributed by atoms with Crippen molar-refractivity contribution in [1.82, 2.24) is 15.2 Å². The Bertz CT molecular complexity index is 466. The molecule has 1 aromatic heterocycles. The topological polar surface area (TPSA) is 65.2 Å². The van der Waals surface area contributed by atoms with E-state index in [9.17, 15) is 9.59 Å². The minimum absolute atomic E-state index is 0.0636. The van der Waals surface area contributed by atoms with Gasteiger partial charge in [-0.15, -0.1) is 0 Å². The molecule has 0 radical (unpaired) electrons. The van der Waals surface area contributed by atoms with Crippen LogP contribution in [0.5, 0.6) is 0 Å². The van der Waals surface area contributed by atoms with Crippen LogP contribution >= 0.6 is 11.3 Å². The smallest absolute Gasteiger partial charge is 0.304 e. The van der Waals surface area contributed by atoms with Crippen LogP contribution in [-0.4, -0.2) is 34.4 Å². The van der Waals surface area contributed by atoms with Gasteiger partial charge in [0.15, 0.2) is 0 Å². The molecule has 1 fully saturated rings. The molecule has 0 bridgehead atoms. The molecular formula is C12H19N3O2S. The summed E-state index contributed by atoms with van der Waals surface area (Å²) in [5.74, 6) is 0.141. The zero-order chi connectivity index (χ0) is 13.1. The lowest BCUT2D eigenvalue weighted by Gasteiger charge is -2.33. The number of likely N-dealkylation sites (tertiary alicyclic amines) is 1. The number of thiazole rings is 1. The van der Waals surface area contributed by atoms with E-state index in [1.165, 1.54) is 0 Å². The minimum atomic E-state index is -0.0795. The van der Waals surface area contributed by atoms with Crippen LogP contribution in [0.1, 0.15) is 32.4 Å². The average Bonchev–Trinajstić information content (AvgIpc) is 2.69. The van der Waals surface area contributed by atoms with Gasteiger partial charge in [-0.05, 0) is 12.8 Å². The number of H-pyrrole nitrogens is 1. The summed E-state index contributed by atoms with van der Waals surface area (Å²) in [5, 5.41) is 5.08. The Morgan fingerprint density at radius 2 is 2.33 bits per heavy atom. The Balaban J connectivity index is 2.00. The minimum Gasteiger partial charge on any atom is -0.335 e. The summed E-state index contributed by atoms with van der Waals surface area (Å²) in [6.07, 6.45) is 1.90. The van der Waals surface area contributed by atoms with Gasteiger partial charge in [-0.1, -0.05) is 25.2 Å². The van der Waals surface area contributed by atoms with Crippen molar-refractivity contribution in [2.75, 3.05) is 6.54 Å². The Hall–Kier alpha value is -1.14. The maximum absolute atomic E-state index is 12.2. The van der Waals surface area contributed by atoms with Crippen molar-refractivity contribution in [1.29, 1.82) is 0 Å². The van der Waals surface area contributed by atoms with E-state index >= 15 is 0 Å². The second kappa shape index (κ2) is 5.67. The van der Waals surface area contributed by atoms with E-state index in [1.54, 1.807) is 5.38 Å². The first-order chi connectivity index (χ1) is 8.56. The molecule has 1 aliphatic heterocycles. The van der Waals surface area contributed by atoms with Gasteiger partial charge in [-0.2, -0.15) is 0 Å². The molecule has 2 heterocycles. The van der Waals surface area contributed by atoms with E-state index in [0.717, 1.165) is 36.4 Å². The standard InChI is InChI=1S/C12H19N3O2S/c1-8(2)13-10-4-3-5-15(11(10)16)6-9-7-18-12(17)14-9/h7-8,10,13H,3-6H2,1-2H3,(H,14,17). The van der Waals surface area contributed by atoms with Crippen molar-refractivity contribution in [3.8, 4) is 0 Å². The lowest BCUT2D eigenvalue weighted by atomic mass is 10.0. The van der Waals surface area contributed by atoms with Gasteiger partial charge in [0.2, 0.25) is 5.91 Å². The van der Waals surface area contributed by atoms with Gasteiger partial charge in [0.25, 0.3) is 0 Å². The maximum Gasteiger partial charge on any atom is 0.304 e. The van der Waals surface area contributed by atoms with Crippen LogP contribution in [0.15, 0.2) is 10.2 Å². The number of nitrogens with one attached hydrogen (secondary N) is 2. The maximum atomic E-state index is 12.2. The number of piperidine rings is 1. The van der Waals surface area contributed by atoms with Gasteiger partial charge in [0, 0.05) is 23.7 Å². The zero-order valence-corrected chi connectivity index (χ0v) is 11.5. The van der Waals surface area contributed by atoms with Crippen LogP contribution < -0.4 is 10.2 Å². The van der Waals surface area contributed by atoms with E-state index in [0.29, 0.717) is 12.6 Å². The molecule has 1 aliphatic rings. The predicted octanol–water partition coefficient (Wildman–Crippen LogP) is 0.925. The molecule has 2 rings (SSSR count). The van der Waals surface area contributed by atoms with Gasteiger partial charge in [-0.3, -0.25) is 9.59 Å². The lowest BCUT2D eigenvalue weighted by Crippen LogP contribution is -2.52. The van der Waals surface area contributed by atoms with Gasteiger partial charge in [0.05, 0.1) is 12.6 Å². The van der Waals surface area contributed by atoms with Crippen molar-refractivity contribution in [3.63, 3.8) is 0 Å². The molecule has 0 aliphatic carbocycles. The normalized spacial score (nSPS) is 20.7. The number of carbonyl (C=O) groups is 1.